The summed E-state index contributed by atoms with van der Waals surface area (Å²) in [5.74, 6) is 0.618. The van der Waals surface area contributed by atoms with E-state index in [9.17, 15) is 0 Å². The Morgan fingerprint density at radius 3 is 2.60 bits per heavy atom. The SMILES string of the molecule is Nc1ccc(-c2nnnn2-c2cccc(Cl)c2Br)cc1. The molecule has 0 bridgehead atoms. The smallest absolute Gasteiger partial charge is 0.187 e. The van der Waals surface area contributed by atoms with Crippen LogP contribution in [0.3, 0.4) is 0 Å². The number of halogens is 2. The molecule has 0 spiro atoms. The van der Waals surface area contributed by atoms with E-state index < -0.39 is 0 Å². The number of tetrazole rings is 1. The largest absolute Gasteiger partial charge is 0.399 e. The first-order chi connectivity index (χ1) is 9.66. The molecule has 0 radical (unpaired) electrons. The van der Waals surface area contributed by atoms with Gasteiger partial charge in [0.05, 0.1) is 15.2 Å². The molecule has 3 rings (SSSR count). The summed E-state index contributed by atoms with van der Waals surface area (Å²) in [4.78, 5) is 0. The van der Waals surface area contributed by atoms with Gasteiger partial charge in [-0.3, -0.25) is 0 Å². The van der Waals surface area contributed by atoms with Gasteiger partial charge < -0.3 is 5.73 Å². The van der Waals surface area contributed by atoms with Crippen molar-refractivity contribution in [1.82, 2.24) is 20.2 Å². The molecule has 2 aromatic carbocycles. The molecule has 0 aliphatic rings. The summed E-state index contributed by atoms with van der Waals surface area (Å²) in [6, 6.07) is 12.9. The van der Waals surface area contributed by atoms with Crippen molar-refractivity contribution < 1.29 is 0 Å². The van der Waals surface area contributed by atoms with Gasteiger partial charge in [0.1, 0.15) is 0 Å². The molecule has 0 aliphatic carbocycles. The molecule has 0 amide bonds. The highest BCUT2D eigenvalue weighted by Gasteiger charge is 2.14. The number of hydrogen-bond donors (Lipinski definition) is 1. The molecule has 20 heavy (non-hydrogen) atoms. The number of nitrogens with two attached hydrogens (primary N) is 1. The molecule has 100 valence electrons. The van der Waals surface area contributed by atoms with E-state index in [1.54, 1.807) is 22.9 Å². The van der Waals surface area contributed by atoms with Crippen molar-refractivity contribution in [3.05, 3.63) is 52.0 Å². The molecular weight excluding hydrogens is 342 g/mol. The van der Waals surface area contributed by atoms with E-state index >= 15 is 0 Å². The first-order valence-corrected chi connectivity index (χ1v) is 6.92. The minimum Gasteiger partial charge on any atom is -0.399 e. The van der Waals surface area contributed by atoms with Gasteiger partial charge in [-0.15, -0.1) is 5.10 Å². The second kappa shape index (κ2) is 5.22. The van der Waals surface area contributed by atoms with Crippen LogP contribution in [0.4, 0.5) is 5.69 Å². The van der Waals surface area contributed by atoms with Gasteiger partial charge in [-0.05, 0) is 62.8 Å². The fourth-order valence-corrected chi connectivity index (χ4v) is 2.42. The minimum absolute atomic E-state index is 0.598. The Balaban J connectivity index is 2.15. The summed E-state index contributed by atoms with van der Waals surface area (Å²) in [5.41, 5.74) is 8.03. The van der Waals surface area contributed by atoms with E-state index in [1.807, 2.05) is 24.3 Å². The number of rotatable bonds is 2. The normalized spacial score (nSPS) is 10.7. The summed E-state index contributed by atoms with van der Waals surface area (Å²) >= 11 is 9.56. The van der Waals surface area contributed by atoms with E-state index in [0.717, 1.165) is 15.7 Å². The number of aromatic nitrogens is 4. The predicted molar refractivity (Wildman–Crippen MR) is 81.7 cm³/mol. The van der Waals surface area contributed by atoms with Gasteiger partial charge in [0.2, 0.25) is 0 Å². The molecule has 7 heteroatoms. The van der Waals surface area contributed by atoms with E-state index in [4.69, 9.17) is 17.3 Å². The second-order valence-electron chi connectivity index (χ2n) is 4.11. The van der Waals surface area contributed by atoms with Crippen LogP contribution >= 0.6 is 27.5 Å². The van der Waals surface area contributed by atoms with Crippen LogP contribution in [-0.2, 0) is 0 Å². The monoisotopic (exact) mass is 349 g/mol. The first-order valence-electron chi connectivity index (χ1n) is 5.75. The lowest BCUT2D eigenvalue weighted by molar-refractivity contribution is 0.789. The van der Waals surface area contributed by atoms with Gasteiger partial charge in [-0.1, -0.05) is 17.7 Å². The predicted octanol–water partition coefficient (Wildman–Crippen LogP) is 3.33. The summed E-state index contributed by atoms with van der Waals surface area (Å²) in [6.45, 7) is 0. The third-order valence-corrected chi connectivity index (χ3v) is 4.17. The van der Waals surface area contributed by atoms with Crippen molar-refractivity contribution in [1.29, 1.82) is 0 Å². The lowest BCUT2D eigenvalue weighted by Crippen LogP contribution is -2.01. The molecule has 2 N–H and O–H groups in total. The van der Waals surface area contributed by atoms with Crippen molar-refractivity contribution >= 4 is 33.2 Å². The molecule has 1 aromatic heterocycles. The minimum atomic E-state index is 0.598. The maximum atomic E-state index is 6.10. The molecule has 3 aromatic rings. The van der Waals surface area contributed by atoms with Crippen LogP contribution in [0, 0.1) is 0 Å². The van der Waals surface area contributed by atoms with Crippen molar-refractivity contribution in [3.8, 4) is 17.1 Å². The number of nitrogens with zero attached hydrogens (tertiary/aromatic N) is 4. The summed E-state index contributed by atoms with van der Waals surface area (Å²) < 4.78 is 2.37. The molecule has 0 unspecified atom stereocenters. The van der Waals surface area contributed by atoms with Crippen molar-refractivity contribution in [2.45, 2.75) is 0 Å². The van der Waals surface area contributed by atoms with Gasteiger partial charge in [0, 0.05) is 11.3 Å². The molecule has 0 atom stereocenters. The topological polar surface area (TPSA) is 69.6 Å². The highest BCUT2D eigenvalue weighted by Crippen LogP contribution is 2.30. The van der Waals surface area contributed by atoms with Crippen LogP contribution in [0.25, 0.3) is 17.1 Å². The van der Waals surface area contributed by atoms with Gasteiger partial charge in [0.15, 0.2) is 5.82 Å². The lowest BCUT2D eigenvalue weighted by atomic mass is 10.2. The maximum Gasteiger partial charge on any atom is 0.187 e. The van der Waals surface area contributed by atoms with Gasteiger partial charge in [-0.25, -0.2) is 0 Å². The average molecular weight is 351 g/mol. The molecule has 1 heterocycles. The Labute approximate surface area is 128 Å². The van der Waals surface area contributed by atoms with E-state index in [1.165, 1.54) is 0 Å². The van der Waals surface area contributed by atoms with Crippen molar-refractivity contribution in [2.75, 3.05) is 5.73 Å². The maximum absolute atomic E-state index is 6.10. The highest BCUT2D eigenvalue weighted by molar-refractivity contribution is 9.10. The van der Waals surface area contributed by atoms with Crippen LogP contribution in [0.1, 0.15) is 0 Å². The van der Waals surface area contributed by atoms with Crippen LogP contribution in [0.2, 0.25) is 5.02 Å². The number of anilines is 1. The number of nitrogen functional groups attached to an aromatic ring is 1. The van der Waals surface area contributed by atoms with Crippen molar-refractivity contribution in [3.63, 3.8) is 0 Å². The van der Waals surface area contributed by atoms with Crippen LogP contribution < -0.4 is 5.73 Å². The Kier molecular flexibility index (Phi) is 3.42. The van der Waals surface area contributed by atoms with Crippen LogP contribution in [0.15, 0.2) is 46.9 Å². The highest BCUT2D eigenvalue weighted by atomic mass is 79.9. The van der Waals surface area contributed by atoms with Crippen LogP contribution in [-0.4, -0.2) is 20.2 Å². The van der Waals surface area contributed by atoms with E-state index in [0.29, 0.717) is 16.5 Å². The van der Waals surface area contributed by atoms with Gasteiger partial charge in [0.25, 0.3) is 0 Å². The first kappa shape index (κ1) is 13.1. The Bertz CT molecular complexity index is 754. The third-order valence-electron chi connectivity index (χ3n) is 2.80. The summed E-state index contributed by atoms with van der Waals surface area (Å²) in [6.07, 6.45) is 0. The standard InChI is InChI=1S/C13H9BrClN5/c14-12-10(15)2-1-3-11(12)20-13(17-18-19-20)8-4-6-9(16)7-5-8/h1-7H,16H2. The molecule has 5 nitrogen and oxygen atoms in total. The van der Waals surface area contributed by atoms with Gasteiger partial charge in [-0.2, -0.15) is 4.68 Å². The zero-order valence-corrected chi connectivity index (χ0v) is 12.5. The summed E-state index contributed by atoms with van der Waals surface area (Å²) in [5, 5.41) is 12.4. The van der Waals surface area contributed by atoms with E-state index in [-0.39, 0.29) is 0 Å². The van der Waals surface area contributed by atoms with Crippen molar-refractivity contribution in [2.24, 2.45) is 0 Å². The Morgan fingerprint density at radius 1 is 1.10 bits per heavy atom. The lowest BCUT2D eigenvalue weighted by Gasteiger charge is -2.08. The quantitative estimate of drug-likeness (QED) is 0.720. The van der Waals surface area contributed by atoms with E-state index in [2.05, 4.69) is 31.5 Å². The number of hydrogen-bond acceptors (Lipinski definition) is 4. The summed E-state index contributed by atoms with van der Waals surface area (Å²) in [7, 11) is 0. The average Bonchev–Trinajstić information content (AvgIpc) is 2.92. The van der Waals surface area contributed by atoms with Crippen LogP contribution in [0.5, 0.6) is 0 Å². The Morgan fingerprint density at radius 2 is 1.85 bits per heavy atom. The molecule has 0 aliphatic heterocycles. The second-order valence-corrected chi connectivity index (χ2v) is 5.31. The fourth-order valence-electron chi connectivity index (χ4n) is 1.82. The molecular formula is C13H9BrClN5. The zero-order valence-electron chi connectivity index (χ0n) is 10.2. The van der Waals surface area contributed by atoms with Gasteiger partial charge >= 0.3 is 0 Å². The molecule has 0 saturated carbocycles. The molecule has 0 fully saturated rings. The zero-order chi connectivity index (χ0) is 14.1. The fraction of sp³-hybridized carbons (Fsp3) is 0. The molecule has 0 saturated heterocycles. The Hall–Kier alpha value is -1.92. The third kappa shape index (κ3) is 2.28. The number of benzene rings is 2.